The van der Waals surface area contributed by atoms with Crippen molar-refractivity contribution in [2.75, 3.05) is 26.2 Å². The Morgan fingerprint density at radius 2 is 2.19 bits per heavy atom. The number of hydrogen-bond donors (Lipinski definition) is 2. The van der Waals surface area contributed by atoms with Crippen LogP contribution in [0.25, 0.3) is 0 Å². The van der Waals surface area contributed by atoms with Crippen LogP contribution >= 0.6 is 11.3 Å². The lowest BCUT2D eigenvalue weighted by atomic mass is 10.0. The lowest BCUT2D eigenvalue weighted by Crippen LogP contribution is -2.41. The van der Waals surface area contributed by atoms with Crippen molar-refractivity contribution >= 4 is 17.3 Å². The minimum atomic E-state index is -4.40. The molecule has 9 heteroatoms. The Bertz CT molecular complexity index is 573. The van der Waals surface area contributed by atoms with Crippen LogP contribution in [-0.4, -0.2) is 48.1 Å². The van der Waals surface area contributed by atoms with E-state index in [4.69, 9.17) is 0 Å². The van der Waals surface area contributed by atoms with Crippen LogP contribution in [0.2, 0.25) is 0 Å². The first-order chi connectivity index (χ1) is 12.4. The SMILES string of the molecule is CCNC(=NCc1nc(C(F)(F)F)cs1)NCCCN1CCCCC1C. The number of thiazole rings is 1. The number of guanidine groups is 1. The van der Waals surface area contributed by atoms with E-state index in [1.165, 1.54) is 25.8 Å². The van der Waals surface area contributed by atoms with Crippen molar-refractivity contribution in [1.29, 1.82) is 0 Å². The second kappa shape index (κ2) is 10.1. The minimum Gasteiger partial charge on any atom is -0.357 e. The quantitative estimate of drug-likeness (QED) is 0.425. The fourth-order valence-electron chi connectivity index (χ4n) is 2.98. The van der Waals surface area contributed by atoms with Gasteiger partial charge in [-0.1, -0.05) is 6.42 Å². The van der Waals surface area contributed by atoms with E-state index >= 15 is 0 Å². The topological polar surface area (TPSA) is 52.6 Å². The summed E-state index contributed by atoms with van der Waals surface area (Å²) in [6, 6.07) is 0.651. The van der Waals surface area contributed by atoms with Crippen LogP contribution in [0.3, 0.4) is 0 Å². The van der Waals surface area contributed by atoms with Gasteiger partial charge in [0.1, 0.15) is 5.01 Å². The summed E-state index contributed by atoms with van der Waals surface area (Å²) in [7, 11) is 0. The summed E-state index contributed by atoms with van der Waals surface area (Å²) in [4.78, 5) is 10.5. The Balaban J connectivity index is 1.78. The molecule has 2 heterocycles. The molecule has 0 radical (unpaired) electrons. The molecule has 1 aromatic rings. The Kier molecular flexibility index (Phi) is 8.15. The molecule has 2 N–H and O–H groups in total. The standard InChI is InChI=1S/C17H28F3N5S/c1-3-21-16(22-8-6-10-25-9-5-4-7-13(25)2)23-11-15-24-14(12-26-15)17(18,19)20/h12-13H,3-11H2,1-2H3,(H2,21,22,23). The van der Waals surface area contributed by atoms with Crippen LogP contribution in [0.1, 0.15) is 50.2 Å². The van der Waals surface area contributed by atoms with E-state index in [9.17, 15) is 13.2 Å². The molecule has 5 nitrogen and oxygen atoms in total. The lowest BCUT2D eigenvalue weighted by Gasteiger charge is -2.33. The minimum absolute atomic E-state index is 0.138. The van der Waals surface area contributed by atoms with Crippen LogP contribution in [-0.2, 0) is 12.7 Å². The van der Waals surface area contributed by atoms with Gasteiger partial charge in [-0.05, 0) is 39.7 Å². The third-order valence-electron chi connectivity index (χ3n) is 4.41. The van der Waals surface area contributed by atoms with E-state index in [-0.39, 0.29) is 6.54 Å². The predicted octanol–water partition coefficient (Wildman–Crippen LogP) is 3.48. The largest absolute Gasteiger partial charge is 0.434 e. The zero-order valence-corrected chi connectivity index (χ0v) is 16.2. The maximum atomic E-state index is 12.6. The van der Waals surface area contributed by atoms with Crippen LogP contribution < -0.4 is 10.6 Å². The number of nitrogens with one attached hydrogen (secondary N) is 2. The van der Waals surface area contributed by atoms with Crippen LogP contribution in [0.5, 0.6) is 0 Å². The van der Waals surface area contributed by atoms with Gasteiger partial charge in [0.25, 0.3) is 0 Å². The van der Waals surface area contributed by atoms with Crippen LogP contribution in [0, 0.1) is 0 Å². The zero-order valence-electron chi connectivity index (χ0n) is 15.4. The summed E-state index contributed by atoms with van der Waals surface area (Å²) in [5, 5.41) is 7.76. The highest BCUT2D eigenvalue weighted by Gasteiger charge is 2.33. The maximum absolute atomic E-state index is 12.6. The Morgan fingerprint density at radius 3 is 2.85 bits per heavy atom. The van der Waals surface area contributed by atoms with Crippen LogP contribution in [0.15, 0.2) is 10.4 Å². The number of halogens is 3. The number of alkyl halides is 3. The van der Waals surface area contributed by atoms with Crippen molar-refractivity contribution in [3.8, 4) is 0 Å². The Hall–Kier alpha value is -1.35. The summed E-state index contributed by atoms with van der Waals surface area (Å²) < 4.78 is 37.8. The number of hydrogen-bond acceptors (Lipinski definition) is 4. The third-order valence-corrected chi connectivity index (χ3v) is 5.25. The molecule has 1 aliphatic rings. The van der Waals surface area contributed by atoms with Gasteiger partial charge in [0.2, 0.25) is 0 Å². The summed E-state index contributed by atoms with van der Waals surface area (Å²) in [5.74, 6) is 0.614. The predicted molar refractivity (Wildman–Crippen MR) is 99.4 cm³/mol. The van der Waals surface area contributed by atoms with Gasteiger partial charge in [0, 0.05) is 31.1 Å². The number of likely N-dealkylation sites (tertiary alicyclic amines) is 1. The number of piperidine rings is 1. The molecule has 0 aromatic carbocycles. The van der Waals surface area contributed by atoms with Gasteiger partial charge in [-0.2, -0.15) is 13.2 Å². The molecule has 1 atom stereocenters. The van der Waals surface area contributed by atoms with Crippen molar-refractivity contribution in [1.82, 2.24) is 20.5 Å². The average Bonchev–Trinajstić information content (AvgIpc) is 3.07. The molecule has 0 spiro atoms. The second-order valence-corrected chi connectivity index (χ2v) is 7.42. The molecule has 0 bridgehead atoms. The molecule has 0 saturated carbocycles. The smallest absolute Gasteiger partial charge is 0.357 e. The molecular weight excluding hydrogens is 363 g/mol. The molecular formula is C17H28F3N5S. The summed E-state index contributed by atoms with van der Waals surface area (Å²) in [6.07, 6.45) is 0.470. The average molecular weight is 392 g/mol. The van der Waals surface area contributed by atoms with E-state index in [0.29, 0.717) is 23.6 Å². The van der Waals surface area contributed by atoms with Gasteiger partial charge >= 0.3 is 6.18 Å². The number of aliphatic imine (C=N–C) groups is 1. The van der Waals surface area contributed by atoms with Gasteiger partial charge in [-0.15, -0.1) is 11.3 Å². The fourth-order valence-corrected chi connectivity index (χ4v) is 3.71. The highest BCUT2D eigenvalue weighted by atomic mass is 32.1. The summed E-state index contributed by atoms with van der Waals surface area (Å²) in [5.41, 5.74) is -0.846. The van der Waals surface area contributed by atoms with E-state index in [1.54, 1.807) is 0 Å². The molecule has 1 aliphatic heterocycles. The van der Waals surface area contributed by atoms with Crippen molar-refractivity contribution in [2.24, 2.45) is 4.99 Å². The first-order valence-electron chi connectivity index (χ1n) is 9.18. The molecule has 1 saturated heterocycles. The molecule has 1 fully saturated rings. The zero-order chi connectivity index (χ0) is 19.0. The first kappa shape index (κ1) is 21.0. The van der Waals surface area contributed by atoms with E-state index in [0.717, 1.165) is 36.2 Å². The van der Waals surface area contributed by atoms with Gasteiger partial charge in [0.15, 0.2) is 11.7 Å². The summed E-state index contributed by atoms with van der Waals surface area (Å²) in [6.45, 7) is 8.07. The van der Waals surface area contributed by atoms with Crippen molar-refractivity contribution in [3.63, 3.8) is 0 Å². The van der Waals surface area contributed by atoms with Gasteiger partial charge in [0.05, 0.1) is 6.54 Å². The van der Waals surface area contributed by atoms with Crippen molar-refractivity contribution in [3.05, 3.63) is 16.1 Å². The maximum Gasteiger partial charge on any atom is 0.434 e. The highest BCUT2D eigenvalue weighted by Crippen LogP contribution is 2.30. The van der Waals surface area contributed by atoms with Gasteiger partial charge in [-0.3, -0.25) is 0 Å². The van der Waals surface area contributed by atoms with Crippen molar-refractivity contribution in [2.45, 2.75) is 58.3 Å². The van der Waals surface area contributed by atoms with E-state index < -0.39 is 11.9 Å². The lowest BCUT2D eigenvalue weighted by molar-refractivity contribution is -0.140. The molecule has 26 heavy (non-hydrogen) atoms. The van der Waals surface area contributed by atoms with E-state index in [2.05, 4.69) is 32.4 Å². The normalized spacial score (nSPS) is 19.6. The highest BCUT2D eigenvalue weighted by molar-refractivity contribution is 7.09. The van der Waals surface area contributed by atoms with Crippen LogP contribution in [0.4, 0.5) is 13.2 Å². The molecule has 0 amide bonds. The number of aromatic nitrogens is 1. The number of nitrogens with zero attached hydrogens (tertiary/aromatic N) is 3. The van der Waals surface area contributed by atoms with E-state index in [1.807, 2.05) is 6.92 Å². The Labute approximate surface area is 157 Å². The molecule has 2 rings (SSSR count). The number of rotatable bonds is 7. The summed E-state index contributed by atoms with van der Waals surface area (Å²) >= 11 is 0.983. The molecule has 1 aromatic heterocycles. The Morgan fingerprint density at radius 1 is 1.38 bits per heavy atom. The molecule has 0 aliphatic carbocycles. The fraction of sp³-hybridized carbons (Fsp3) is 0.765. The molecule has 1 unspecified atom stereocenters. The first-order valence-corrected chi connectivity index (χ1v) is 10.1. The second-order valence-electron chi connectivity index (χ2n) is 6.48. The molecule has 148 valence electrons. The third kappa shape index (κ3) is 6.75. The van der Waals surface area contributed by atoms with Crippen molar-refractivity contribution < 1.29 is 13.2 Å². The van der Waals surface area contributed by atoms with Gasteiger partial charge in [-0.25, -0.2) is 9.98 Å². The monoisotopic (exact) mass is 391 g/mol. The van der Waals surface area contributed by atoms with Gasteiger partial charge < -0.3 is 15.5 Å².